The van der Waals surface area contributed by atoms with E-state index in [2.05, 4.69) is 21.3 Å². The average Bonchev–Trinajstić information content (AvgIpc) is 2.63. The van der Waals surface area contributed by atoms with Crippen LogP contribution in [0.15, 0.2) is 36.4 Å². The van der Waals surface area contributed by atoms with Crippen LogP contribution in [0.3, 0.4) is 0 Å². The van der Waals surface area contributed by atoms with Crippen LogP contribution >= 0.6 is 11.6 Å². The molecule has 0 spiro atoms. The molecule has 1 saturated heterocycles. The summed E-state index contributed by atoms with van der Waals surface area (Å²) in [6.45, 7) is 6.39. The standard InChI is InChI=1S/C19H24ClN3O2/c1-14-6-7-19(24)17(22-14)12-21-13-18(23-8-10-25-11-9-23)15-4-2-3-5-16(15)20/h2-7,18,21,24H,8-13H2,1H3. The van der Waals surface area contributed by atoms with Gasteiger partial charge in [-0.2, -0.15) is 0 Å². The third kappa shape index (κ3) is 4.70. The van der Waals surface area contributed by atoms with Crippen molar-refractivity contribution < 1.29 is 9.84 Å². The van der Waals surface area contributed by atoms with Crippen molar-refractivity contribution in [2.75, 3.05) is 32.8 Å². The molecule has 1 aromatic carbocycles. The summed E-state index contributed by atoms with van der Waals surface area (Å²) in [4.78, 5) is 6.79. The average molecular weight is 362 g/mol. The number of morpholine rings is 1. The minimum absolute atomic E-state index is 0.157. The monoisotopic (exact) mass is 361 g/mol. The number of aromatic hydroxyl groups is 1. The van der Waals surface area contributed by atoms with Gasteiger partial charge in [-0.05, 0) is 30.7 Å². The molecular weight excluding hydrogens is 338 g/mol. The van der Waals surface area contributed by atoms with E-state index in [-0.39, 0.29) is 11.8 Å². The van der Waals surface area contributed by atoms with E-state index in [1.54, 1.807) is 12.1 Å². The largest absolute Gasteiger partial charge is 0.506 e. The first kappa shape index (κ1) is 18.1. The van der Waals surface area contributed by atoms with Crippen molar-refractivity contribution in [1.82, 2.24) is 15.2 Å². The van der Waals surface area contributed by atoms with Crippen molar-refractivity contribution in [3.05, 3.63) is 58.4 Å². The highest BCUT2D eigenvalue weighted by atomic mass is 35.5. The van der Waals surface area contributed by atoms with Crippen LogP contribution in [0, 0.1) is 6.92 Å². The Morgan fingerprint density at radius 3 is 2.76 bits per heavy atom. The van der Waals surface area contributed by atoms with Crippen molar-refractivity contribution in [3.8, 4) is 5.75 Å². The lowest BCUT2D eigenvalue weighted by Crippen LogP contribution is -2.42. The van der Waals surface area contributed by atoms with Gasteiger partial charge in [0.05, 0.1) is 18.9 Å². The number of benzene rings is 1. The molecule has 134 valence electrons. The molecule has 1 unspecified atom stereocenters. The summed E-state index contributed by atoms with van der Waals surface area (Å²) < 4.78 is 5.48. The SMILES string of the molecule is Cc1ccc(O)c(CNCC(c2ccccc2Cl)N2CCOCC2)n1. The van der Waals surface area contributed by atoms with Crippen LogP contribution in [0.2, 0.25) is 5.02 Å². The number of hydrogen-bond acceptors (Lipinski definition) is 5. The van der Waals surface area contributed by atoms with E-state index in [1.807, 2.05) is 25.1 Å². The van der Waals surface area contributed by atoms with E-state index in [9.17, 15) is 5.11 Å². The van der Waals surface area contributed by atoms with Crippen molar-refractivity contribution in [1.29, 1.82) is 0 Å². The zero-order chi connectivity index (χ0) is 17.6. The smallest absolute Gasteiger partial charge is 0.138 e. The Morgan fingerprint density at radius 2 is 2.00 bits per heavy atom. The van der Waals surface area contributed by atoms with Gasteiger partial charge in [0.1, 0.15) is 5.75 Å². The van der Waals surface area contributed by atoms with Gasteiger partial charge in [0, 0.05) is 42.9 Å². The Hall–Kier alpha value is -1.66. The summed E-state index contributed by atoms with van der Waals surface area (Å²) in [5.41, 5.74) is 2.67. The second-order valence-electron chi connectivity index (χ2n) is 6.24. The first-order valence-electron chi connectivity index (χ1n) is 8.57. The molecule has 2 N–H and O–H groups in total. The minimum atomic E-state index is 0.157. The number of ether oxygens (including phenoxy) is 1. The summed E-state index contributed by atoms with van der Waals surface area (Å²) in [6.07, 6.45) is 0. The summed E-state index contributed by atoms with van der Waals surface area (Å²) >= 11 is 6.44. The zero-order valence-electron chi connectivity index (χ0n) is 14.4. The highest BCUT2D eigenvalue weighted by molar-refractivity contribution is 6.31. The minimum Gasteiger partial charge on any atom is -0.506 e. The number of rotatable bonds is 6. The third-order valence-corrected chi connectivity index (χ3v) is 4.81. The number of nitrogens with one attached hydrogen (secondary N) is 1. The first-order valence-corrected chi connectivity index (χ1v) is 8.95. The van der Waals surface area contributed by atoms with E-state index in [4.69, 9.17) is 16.3 Å². The molecule has 0 bridgehead atoms. The fraction of sp³-hybridized carbons (Fsp3) is 0.421. The molecule has 6 heteroatoms. The zero-order valence-corrected chi connectivity index (χ0v) is 15.2. The Balaban J connectivity index is 1.71. The van der Waals surface area contributed by atoms with Crippen LogP contribution in [0.5, 0.6) is 5.75 Å². The molecule has 0 aliphatic carbocycles. The molecule has 2 aromatic rings. The molecular formula is C19H24ClN3O2. The Morgan fingerprint density at radius 1 is 1.24 bits per heavy atom. The van der Waals surface area contributed by atoms with Crippen LogP contribution in [0.4, 0.5) is 0 Å². The Labute approximate surface area is 153 Å². The van der Waals surface area contributed by atoms with Gasteiger partial charge in [-0.3, -0.25) is 9.88 Å². The summed E-state index contributed by atoms with van der Waals surface area (Å²) in [6, 6.07) is 11.6. The highest BCUT2D eigenvalue weighted by Crippen LogP contribution is 2.28. The molecule has 1 aliphatic rings. The Bertz CT molecular complexity index is 705. The summed E-state index contributed by atoms with van der Waals surface area (Å²) in [7, 11) is 0. The lowest BCUT2D eigenvalue weighted by molar-refractivity contribution is 0.0161. The molecule has 0 amide bonds. The molecule has 5 nitrogen and oxygen atoms in total. The van der Waals surface area contributed by atoms with E-state index >= 15 is 0 Å². The normalized spacial score (nSPS) is 16.7. The molecule has 1 aromatic heterocycles. The van der Waals surface area contributed by atoms with Gasteiger partial charge in [0.2, 0.25) is 0 Å². The van der Waals surface area contributed by atoms with Crippen LogP contribution in [0.25, 0.3) is 0 Å². The van der Waals surface area contributed by atoms with Gasteiger partial charge in [-0.15, -0.1) is 0 Å². The van der Waals surface area contributed by atoms with E-state index in [0.29, 0.717) is 12.2 Å². The second-order valence-corrected chi connectivity index (χ2v) is 6.64. The maximum atomic E-state index is 9.96. The summed E-state index contributed by atoms with van der Waals surface area (Å²) in [5.74, 6) is 0.221. The Kier molecular flexibility index (Phi) is 6.26. The van der Waals surface area contributed by atoms with Crippen LogP contribution < -0.4 is 5.32 Å². The van der Waals surface area contributed by atoms with Crippen molar-refractivity contribution in [3.63, 3.8) is 0 Å². The number of halogens is 1. The van der Waals surface area contributed by atoms with Gasteiger partial charge in [0.25, 0.3) is 0 Å². The van der Waals surface area contributed by atoms with E-state index < -0.39 is 0 Å². The number of pyridine rings is 1. The van der Waals surface area contributed by atoms with Gasteiger partial charge in [0.15, 0.2) is 0 Å². The van der Waals surface area contributed by atoms with Crippen LogP contribution in [0.1, 0.15) is 23.0 Å². The first-order chi connectivity index (χ1) is 12.1. The lowest BCUT2D eigenvalue weighted by Gasteiger charge is -2.35. The third-order valence-electron chi connectivity index (χ3n) is 4.47. The number of aromatic nitrogens is 1. The number of hydrogen-bond donors (Lipinski definition) is 2. The van der Waals surface area contributed by atoms with Gasteiger partial charge in [-0.1, -0.05) is 29.8 Å². The predicted molar refractivity (Wildman–Crippen MR) is 98.9 cm³/mol. The highest BCUT2D eigenvalue weighted by Gasteiger charge is 2.24. The molecule has 1 fully saturated rings. The number of nitrogens with zero attached hydrogens (tertiary/aromatic N) is 2. The lowest BCUT2D eigenvalue weighted by atomic mass is 10.0. The van der Waals surface area contributed by atoms with Crippen molar-refractivity contribution in [2.45, 2.75) is 19.5 Å². The fourth-order valence-electron chi connectivity index (χ4n) is 3.13. The maximum Gasteiger partial charge on any atom is 0.138 e. The van der Waals surface area contributed by atoms with Gasteiger partial charge >= 0.3 is 0 Å². The fourth-order valence-corrected chi connectivity index (χ4v) is 3.39. The van der Waals surface area contributed by atoms with Crippen molar-refractivity contribution >= 4 is 11.6 Å². The van der Waals surface area contributed by atoms with Crippen molar-refractivity contribution in [2.24, 2.45) is 0 Å². The second kappa shape index (κ2) is 8.63. The molecule has 0 radical (unpaired) electrons. The molecule has 3 rings (SSSR count). The van der Waals surface area contributed by atoms with E-state index in [1.165, 1.54) is 0 Å². The quantitative estimate of drug-likeness (QED) is 0.828. The molecule has 1 atom stereocenters. The molecule has 25 heavy (non-hydrogen) atoms. The van der Waals surface area contributed by atoms with Gasteiger partial charge in [-0.25, -0.2) is 0 Å². The predicted octanol–water partition coefficient (Wildman–Crippen LogP) is 2.91. The summed E-state index contributed by atoms with van der Waals surface area (Å²) in [5, 5.41) is 14.2. The van der Waals surface area contributed by atoms with Gasteiger partial charge < -0.3 is 15.2 Å². The van der Waals surface area contributed by atoms with Crippen LogP contribution in [-0.2, 0) is 11.3 Å². The number of aryl methyl sites for hydroxylation is 1. The topological polar surface area (TPSA) is 57.6 Å². The van der Waals surface area contributed by atoms with E-state index in [0.717, 1.165) is 49.1 Å². The molecule has 2 heterocycles. The van der Waals surface area contributed by atoms with Crippen LogP contribution in [-0.4, -0.2) is 47.8 Å². The molecule has 0 saturated carbocycles. The maximum absolute atomic E-state index is 9.96. The molecule has 1 aliphatic heterocycles.